The quantitative estimate of drug-likeness (QED) is 0.942. The van der Waals surface area contributed by atoms with Crippen LogP contribution in [0.4, 0.5) is 10.2 Å². The Morgan fingerprint density at radius 2 is 2.13 bits per heavy atom. The molecule has 23 heavy (non-hydrogen) atoms. The van der Waals surface area contributed by atoms with Gasteiger partial charge in [-0.15, -0.1) is 0 Å². The first-order valence-corrected chi connectivity index (χ1v) is 7.63. The number of fused-ring (bicyclic) bond motifs is 1. The molecule has 0 radical (unpaired) electrons. The maximum atomic E-state index is 13.5. The van der Waals surface area contributed by atoms with Crippen molar-refractivity contribution in [1.29, 1.82) is 0 Å². The lowest BCUT2D eigenvalue weighted by Gasteiger charge is -1.98. The molecule has 0 unspecified atom stereocenters. The number of hydrogen-bond acceptors (Lipinski definition) is 4. The molecule has 1 fully saturated rings. The van der Waals surface area contributed by atoms with E-state index in [1.54, 1.807) is 6.08 Å². The Hall–Kier alpha value is -2.76. The van der Waals surface area contributed by atoms with Gasteiger partial charge in [-0.1, -0.05) is 18.2 Å². The fourth-order valence-corrected chi connectivity index (χ4v) is 2.64. The lowest BCUT2D eigenvalue weighted by molar-refractivity contribution is 0.656. The standard InChI is InChI=1S/C17H16FN5/c18-12-4-2-1-3-11(9-12)5-8-14-15-16(19)20-10-21-17(15)23(22-14)13-6-7-13/h1,3-5,8-10,13H,2,6-7H2,(H2,19,20,21)/b8-5+. The fraction of sp³-hybridized carbons (Fsp3) is 0.235. The Morgan fingerprint density at radius 3 is 2.96 bits per heavy atom. The van der Waals surface area contributed by atoms with Crippen LogP contribution in [0.25, 0.3) is 17.1 Å². The predicted molar refractivity (Wildman–Crippen MR) is 88.1 cm³/mol. The monoisotopic (exact) mass is 309 g/mol. The molecular formula is C17H16FN5. The van der Waals surface area contributed by atoms with E-state index in [9.17, 15) is 4.39 Å². The maximum absolute atomic E-state index is 13.5. The van der Waals surface area contributed by atoms with Crippen molar-refractivity contribution in [1.82, 2.24) is 19.7 Å². The molecule has 0 aliphatic heterocycles. The molecule has 2 aromatic rings. The zero-order valence-corrected chi connectivity index (χ0v) is 12.5. The van der Waals surface area contributed by atoms with Gasteiger partial charge in [0.1, 0.15) is 18.0 Å². The van der Waals surface area contributed by atoms with Crippen molar-refractivity contribution < 1.29 is 4.39 Å². The fourth-order valence-electron chi connectivity index (χ4n) is 2.64. The van der Waals surface area contributed by atoms with Crippen molar-refractivity contribution in [2.45, 2.75) is 25.3 Å². The summed E-state index contributed by atoms with van der Waals surface area (Å²) in [6.45, 7) is 0. The van der Waals surface area contributed by atoms with Crippen LogP contribution in [0.5, 0.6) is 0 Å². The van der Waals surface area contributed by atoms with Gasteiger partial charge in [-0.05, 0) is 43.1 Å². The highest BCUT2D eigenvalue weighted by atomic mass is 19.1. The van der Waals surface area contributed by atoms with Crippen LogP contribution in [0.1, 0.15) is 31.0 Å². The molecule has 0 saturated heterocycles. The number of nitrogen functional groups attached to an aromatic ring is 1. The number of nitrogens with two attached hydrogens (primary N) is 1. The second kappa shape index (κ2) is 5.46. The lowest BCUT2D eigenvalue weighted by atomic mass is 10.2. The van der Waals surface area contributed by atoms with Crippen molar-refractivity contribution in [2.24, 2.45) is 0 Å². The maximum Gasteiger partial charge on any atom is 0.164 e. The molecule has 0 bridgehead atoms. The molecule has 2 aliphatic rings. The summed E-state index contributed by atoms with van der Waals surface area (Å²) in [5.41, 5.74) is 8.27. The third-order valence-electron chi connectivity index (χ3n) is 3.94. The number of allylic oxidation sites excluding steroid dienone is 7. The van der Waals surface area contributed by atoms with E-state index >= 15 is 0 Å². The summed E-state index contributed by atoms with van der Waals surface area (Å²) in [5.74, 6) is 0.184. The number of aromatic nitrogens is 4. The van der Waals surface area contributed by atoms with Crippen LogP contribution < -0.4 is 5.73 Å². The lowest BCUT2D eigenvalue weighted by Crippen LogP contribution is -1.98. The van der Waals surface area contributed by atoms with E-state index in [1.165, 1.54) is 12.4 Å². The normalized spacial score (nSPS) is 18.3. The summed E-state index contributed by atoms with van der Waals surface area (Å²) < 4.78 is 15.4. The Labute approximate surface area is 132 Å². The highest BCUT2D eigenvalue weighted by Gasteiger charge is 2.28. The zero-order chi connectivity index (χ0) is 15.8. The minimum Gasteiger partial charge on any atom is -0.383 e. The molecular weight excluding hydrogens is 293 g/mol. The highest BCUT2D eigenvalue weighted by Crippen LogP contribution is 2.37. The topological polar surface area (TPSA) is 69.6 Å². The Morgan fingerprint density at radius 1 is 1.26 bits per heavy atom. The summed E-state index contributed by atoms with van der Waals surface area (Å²) >= 11 is 0. The van der Waals surface area contributed by atoms with Crippen LogP contribution in [-0.4, -0.2) is 19.7 Å². The van der Waals surface area contributed by atoms with E-state index in [2.05, 4.69) is 15.1 Å². The SMILES string of the molecule is Nc1ncnc2c1c(/C=C/C1=CC(F)=CCC=C1)nn2C1CC1. The zero-order valence-electron chi connectivity index (χ0n) is 12.5. The first-order valence-electron chi connectivity index (χ1n) is 7.63. The van der Waals surface area contributed by atoms with Gasteiger partial charge in [-0.3, -0.25) is 0 Å². The molecule has 0 amide bonds. The first kappa shape index (κ1) is 13.9. The van der Waals surface area contributed by atoms with Crippen LogP contribution in [0.15, 0.2) is 48.1 Å². The molecule has 6 heteroatoms. The average Bonchev–Trinajstić information content (AvgIpc) is 3.33. The smallest absolute Gasteiger partial charge is 0.164 e. The summed E-state index contributed by atoms with van der Waals surface area (Å²) in [5, 5.41) is 5.38. The van der Waals surface area contributed by atoms with Gasteiger partial charge >= 0.3 is 0 Å². The van der Waals surface area contributed by atoms with E-state index in [0.29, 0.717) is 24.0 Å². The van der Waals surface area contributed by atoms with E-state index < -0.39 is 0 Å². The molecule has 2 heterocycles. The number of nitrogens with zero attached hydrogens (tertiary/aromatic N) is 4. The van der Waals surface area contributed by atoms with E-state index in [-0.39, 0.29) is 5.83 Å². The number of hydrogen-bond donors (Lipinski definition) is 1. The summed E-state index contributed by atoms with van der Waals surface area (Å²) in [7, 11) is 0. The minimum atomic E-state index is -0.231. The number of rotatable bonds is 3. The van der Waals surface area contributed by atoms with Gasteiger partial charge in [-0.25, -0.2) is 19.0 Å². The summed E-state index contributed by atoms with van der Waals surface area (Å²) in [6, 6.07) is 0.395. The molecule has 5 nitrogen and oxygen atoms in total. The summed E-state index contributed by atoms with van der Waals surface area (Å²) in [4.78, 5) is 8.39. The molecule has 0 aromatic carbocycles. The summed E-state index contributed by atoms with van der Waals surface area (Å²) in [6.07, 6.45) is 14.8. The van der Waals surface area contributed by atoms with E-state index in [1.807, 2.05) is 29.0 Å². The molecule has 4 rings (SSSR count). The van der Waals surface area contributed by atoms with Crippen LogP contribution in [0.2, 0.25) is 0 Å². The molecule has 2 aliphatic carbocycles. The molecule has 0 atom stereocenters. The third-order valence-corrected chi connectivity index (χ3v) is 3.94. The molecule has 116 valence electrons. The van der Waals surface area contributed by atoms with Gasteiger partial charge in [0.25, 0.3) is 0 Å². The van der Waals surface area contributed by atoms with Gasteiger partial charge in [0, 0.05) is 0 Å². The van der Waals surface area contributed by atoms with Crippen molar-refractivity contribution in [3.63, 3.8) is 0 Å². The molecule has 2 aromatic heterocycles. The van der Waals surface area contributed by atoms with Gasteiger partial charge < -0.3 is 5.73 Å². The van der Waals surface area contributed by atoms with Crippen LogP contribution in [0.3, 0.4) is 0 Å². The van der Waals surface area contributed by atoms with Crippen molar-refractivity contribution in [3.05, 3.63) is 53.8 Å². The van der Waals surface area contributed by atoms with Crippen molar-refractivity contribution in [3.8, 4) is 0 Å². The second-order valence-corrected chi connectivity index (χ2v) is 5.72. The van der Waals surface area contributed by atoms with Gasteiger partial charge in [0.05, 0.1) is 17.1 Å². The van der Waals surface area contributed by atoms with Crippen LogP contribution in [0, 0.1) is 0 Å². The van der Waals surface area contributed by atoms with Gasteiger partial charge in [0.15, 0.2) is 5.65 Å². The average molecular weight is 309 g/mol. The predicted octanol–water partition coefficient (Wildman–Crippen LogP) is 3.50. The van der Waals surface area contributed by atoms with Gasteiger partial charge in [-0.2, -0.15) is 5.10 Å². The Kier molecular flexibility index (Phi) is 3.29. The van der Waals surface area contributed by atoms with Crippen LogP contribution in [-0.2, 0) is 0 Å². The van der Waals surface area contributed by atoms with Crippen molar-refractivity contribution >= 4 is 22.9 Å². The second-order valence-electron chi connectivity index (χ2n) is 5.72. The first-order chi connectivity index (χ1) is 11.2. The number of anilines is 1. The molecule has 0 spiro atoms. The highest BCUT2D eigenvalue weighted by molar-refractivity contribution is 5.93. The Bertz CT molecular complexity index is 884. The largest absolute Gasteiger partial charge is 0.383 e. The number of halogens is 1. The molecule has 2 N–H and O–H groups in total. The minimum absolute atomic E-state index is 0.231. The van der Waals surface area contributed by atoms with Crippen molar-refractivity contribution in [2.75, 3.05) is 5.73 Å². The molecule has 1 saturated carbocycles. The Balaban J connectivity index is 1.77. The van der Waals surface area contributed by atoms with Crippen LogP contribution >= 0.6 is 0 Å². The van der Waals surface area contributed by atoms with Gasteiger partial charge in [0.2, 0.25) is 0 Å². The third kappa shape index (κ3) is 2.67. The van der Waals surface area contributed by atoms with E-state index in [4.69, 9.17) is 5.73 Å². The van der Waals surface area contributed by atoms with E-state index in [0.717, 1.165) is 29.4 Å².